The maximum atomic E-state index is 5.68. The van der Waals surface area contributed by atoms with Crippen LogP contribution in [0.15, 0.2) is 6.07 Å². The summed E-state index contributed by atoms with van der Waals surface area (Å²) in [5.41, 5.74) is 0. The standard InChI is InChI=1S/C7H7Cl2N3/c8-5-3-6(10-4-1-2-4)12-7(9)11-5/h3-4H,1-2H2,(H,10,11,12). The summed E-state index contributed by atoms with van der Waals surface area (Å²) in [7, 11) is 0. The second-order valence-electron chi connectivity index (χ2n) is 2.76. The molecule has 0 radical (unpaired) electrons. The van der Waals surface area contributed by atoms with Crippen molar-refractivity contribution in [3.05, 3.63) is 16.5 Å². The molecule has 1 N–H and O–H groups in total. The van der Waals surface area contributed by atoms with Crippen molar-refractivity contribution in [3.63, 3.8) is 0 Å². The van der Waals surface area contributed by atoms with Gasteiger partial charge in [0.15, 0.2) is 0 Å². The number of rotatable bonds is 2. The molecule has 64 valence electrons. The molecular weight excluding hydrogens is 197 g/mol. The maximum absolute atomic E-state index is 5.68. The summed E-state index contributed by atoms with van der Waals surface area (Å²) in [6.45, 7) is 0. The summed E-state index contributed by atoms with van der Waals surface area (Å²) in [5.74, 6) is 0.711. The van der Waals surface area contributed by atoms with Crippen molar-refractivity contribution in [2.24, 2.45) is 0 Å². The third-order valence-corrected chi connectivity index (χ3v) is 1.96. The Kier molecular flexibility index (Phi) is 2.07. The monoisotopic (exact) mass is 203 g/mol. The van der Waals surface area contributed by atoms with Crippen LogP contribution in [0.1, 0.15) is 12.8 Å². The van der Waals surface area contributed by atoms with Gasteiger partial charge in [-0.3, -0.25) is 0 Å². The minimum Gasteiger partial charge on any atom is -0.367 e. The van der Waals surface area contributed by atoms with Crippen LogP contribution < -0.4 is 5.32 Å². The molecule has 0 atom stereocenters. The topological polar surface area (TPSA) is 37.8 Å². The lowest BCUT2D eigenvalue weighted by atomic mass is 10.5. The number of nitrogens with one attached hydrogen (secondary N) is 1. The summed E-state index contributed by atoms with van der Waals surface area (Å²) in [5, 5.41) is 3.74. The number of aromatic nitrogens is 2. The molecule has 1 aliphatic rings. The van der Waals surface area contributed by atoms with E-state index in [4.69, 9.17) is 23.2 Å². The van der Waals surface area contributed by atoms with Crippen LogP contribution in [-0.4, -0.2) is 16.0 Å². The largest absolute Gasteiger partial charge is 0.367 e. The van der Waals surface area contributed by atoms with Gasteiger partial charge in [-0.15, -0.1) is 0 Å². The first-order valence-electron chi connectivity index (χ1n) is 3.70. The van der Waals surface area contributed by atoms with Gasteiger partial charge in [0.2, 0.25) is 5.28 Å². The highest BCUT2D eigenvalue weighted by Crippen LogP contribution is 2.25. The molecule has 3 nitrogen and oxygen atoms in total. The summed E-state index contributed by atoms with van der Waals surface area (Å²) >= 11 is 11.3. The van der Waals surface area contributed by atoms with Crippen molar-refractivity contribution in [2.75, 3.05) is 5.32 Å². The van der Waals surface area contributed by atoms with Gasteiger partial charge in [-0.25, -0.2) is 9.97 Å². The van der Waals surface area contributed by atoms with E-state index in [0.29, 0.717) is 17.0 Å². The predicted molar refractivity (Wildman–Crippen MR) is 48.7 cm³/mol. The number of anilines is 1. The van der Waals surface area contributed by atoms with Crippen molar-refractivity contribution >= 4 is 29.0 Å². The van der Waals surface area contributed by atoms with Gasteiger partial charge in [-0.2, -0.15) is 0 Å². The van der Waals surface area contributed by atoms with E-state index in [1.165, 1.54) is 12.8 Å². The smallest absolute Gasteiger partial charge is 0.225 e. The van der Waals surface area contributed by atoms with Gasteiger partial charge < -0.3 is 5.32 Å². The minimum absolute atomic E-state index is 0.186. The summed E-state index contributed by atoms with van der Waals surface area (Å²) in [4.78, 5) is 7.71. The summed E-state index contributed by atoms with van der Waals surface area (Å²) < 4.78 is 0. The van der Waals surface area contributed by atoms with Gasteiger partial charge in [0.1, 0.15) is 11.0 Å². The first-order chi connectivity index (χ1) is 5.74. The molecule has 1 aliphatic carbocycles. The zero-order chi connectivity index (χ0) is 8.55. The van der Waals surface area contributed by atoms with E-state index in [1.54, 1.807) is 6.07 Å². The fraction of sp³-hybridized carbons (Fsp3) is 0.429. The minimum atomic E-state index is 0.186. The number of hydrogen-bond donors (Lipinski definition) is 1. The third-order valence-electron chi connectivity index (χ3n) is 1.60. The summed E-state index contributed by atoms with van der Waals surface area (Å²) in [6, 6.07) is 2.22. The average Bonchev–Trinajstić information content (AvgIpc) is 2.68. The zero-order valence-electron chi connectivity index (χ0n) is 6.22. The van der Waals surface area contributed by atoms with Crippen LogP contribution in [-0.2, 0) is 0 Å². The summed E-state index contributed by atoms with van der Waals surface area (Å²) in [6.07, 6.45) is 2.39. The van der Waals surface area contributed by atoms with Gasteiger partial charge in [0, 0.05) is 12.1 Å². The van der Waals surface area contributed by atoms with Gasteiger partial charge in [-0.1, -0.05) is 11.6 Å². The third kappa shape index (κ3) is 1.99. The Morgan fingerprint density at radius 2 is 2.08 bits per heavy atom. The zero-order valence-corrected chi connectivity index (χ0v) is 7.73. The number of nitrogens with zero attached hydrogens (tertiary/aromatic N) is 2. The van der Waals surface area contributed by atoms with Crippen molar-refractivity contribution < 1.29 is 0 Å². The Morgan fingerprint density at radius 1 is 1.33 bits per heavy atom. The molecule has 5 heteroatoms. The molecule has 0 saturated heterocycles. The second kappa shape index (κ2) is 3.07. The lowest BCUT2D eigenvalue weighted by molar-refractivity contribution is 1.08. The Hall–Kier alpha value is -0.540. The van der Waals surface area contributed by atoms with Crippen molar-refractivity contribution in [1.29, 1.82) is 0 Å². The van der Waals surface area contributed by atoms with E-state index in [2.05, 4.69) is 15.3 Å². The van der Waals surface area contributed by atoms with Crippen molar-refractivity contribution in [1.82, 2.24) is 9.97 Å². The molecular formula is C7H7Cl2N3. The molecule has 0 aromatic carbocycles. The molecule has 0 amide bonds. The molecule has 1 fully saturated rings. The van der Waals surface area contributed by atoms with Crippen LogP contribution in [0.3, 0.4) is 0 Å². The highest BCUT2D eigenvalue weighted by atomic mass is 35.5. The Labute approximate surface area is 80.1 Å². The fourth-order valence-electron chi connectivity index (χ4n) is 0.901. The molecule has 0 spiro atoms. The fourth-order valence-corrected chi connectivity index (χ4v) is 1.31. The number of hydrogen-bond acceptors (Lipinski definition) is 3. The van der Waals surface area contributed by atoms with E-state index in [-0.39, 0.29) is 5.28 Å². The van der Waals surface area contributed by atoms with Crippen molar-refractivity contribution in [2.45, 2.75) is 18.9 Å². The first kappa shape index (κ1) is 8.08. The van der Waals surface area contributed by atoms with Gasteiger partial charge in [0.25, 0.3) is 0 Å². The molecule has 1 aromatic rings. The maximum Gasteiger partial charge on any atom is 0.225 e. The van der Waals surface area contributed by atoms with Crippen LogP contribution in [0.2, 0.25) is 10.4 Å². The highest BCUT2D eigenvalue weighted by Gasteiger charge is 2.21. The van der Waals surface area contributed by atoms with Crippen LogP contribution in [0, 0.1) is 0 Å². The highest BCUT2D eigenvalue weighted by molar-refractivity contribution is 6.32. The van der Waals surface area contributed by atoms with Gasteiger partial charge >= 0.3 is 0 Å². The lowest BCUT2D eigenvalue weighted by Crippen LogP contribution is -2.03. The molecule has 1 aromatic heterocycles. The van der Waals surface area contributed by atoms with E-state index in [1.807, 2.05) is 0 Å². The lowest BCUT2D eigenvalue weighted by Gasteiger charge is -2.02. The Morgan fingerprint density at radius 3 is 2.67 bits per heavy atom. The van der Waals surface area contributed by atoms with E-state index in [0.717, 1.165) is 0 Å². The number of halogens is 2. The molecule has 1 heterocycles. The van der Waals surface area contributed by atoms with E-state index < -0.39 is 0 Å². The molecule has 12 heavy (non-hydrogen) atoms. The van der Waals surface area contributed by atoms with Crippen LogP contribution >= 0.6 is 23.2 Å². The second-order valence-corrected chi connectivity index (χ2v) is 3.49. The van der Waals surface area contributed by atoms with Crippen molar-refractivity contribution in [3.8, 4) is 0 Å². The van der Waals surface area contributed by atoms with E-state index in [9.17, 15) is 0 Å². The average molecular weight is 204 g/mol. The predicted octanol–water partition coefficient (Wildman–Crippen LogP) is 2.36. The van der Waals surface area contributed by atoms with E-state index >= 15 is 0 Å². The molecule has 2 rings (SSSR count). The van der Waals surface area contributed by atoms with Crippen LogP contribution in [0.25, 0.3) is 0 Å². The van der Waals surface area contributed by atoms with Gasteiger partial charge in [0.05, 0.1) is 0 Å². The normalized spacial score (nSPS) is 16.2. The molecule has 0 bridgehead atoms. The van der Waals surface area contributed by atoms with Gasteiger partial charge in [-0.05, 0) is 24.4 Å². The SMILES string of the molecule is Clc1cc(NC2CC2)nc(Cl)n1. The first-order valence-corrected chi connectivity index (χ1v) is 4.46. The quantitative estimate of drug-likeness (QED) is 0.593. The van der Waals surface area contributed by atoms with Crippen LogP contribution in [0.4, 0.5) is 5.82 Å². The molecule has 0 aliphatic heterocycles. The Balaban J connectivity index is 2.18. The Bertz CT molecular complexity index is 278. The molecule has 0 unspecified atom stereocenters. The van der Waals surface area contributed by atoms with Crippen LogP contribution in [0.5, 0.6) is 0 Å². The molecule has 1 saturated carbocycles.